The summed E-state index contributed by atoms with van der Waals surface area (Å²) in [5, 5.41) is 9.92. The number of aromatic amines is 1. The third-order valence-corrected chi connectivity index (χ3v) is 7.29. The first-order chi connectivity index (χ1) is 17.2. The summed E-state index contributed by atoms with van der Waals surface area (Å²) in [4.78, 5) is 51.4. The summed E-state index contributed by atoms with van der Waals surface area (Å²) in [6.45, 7) is 6.09. The molecule has 2 atom stereocenters. The summed E-state index contributed by atoms with van der Waals surface area (Å²) < 4.78 is 1.02. The van der Waals surface area contributed by atoms with Gasteiger partial charge in [-0.05, 0) is 24.6 Å². The lowest BCUT2D eigenvalue weighted by atomic mass is 9.97. The second kappa shape index (κ2) is 9.19. The molecule has 0 aliphatic carbocycles. The van der Waals surface area contributed by atoms with E-state index in [1.54, 1.807) is 10.4 Å². The van der Waals surface area contributed by atoms with E-state index in [1.165, 1.54) is 28.6 Å². The quantitative estimate of drug-likeness (QED) is 0.361. The Balaban J connectivity index is 1.46. The number of rotatable bonds is 3. The first-order valence-electron chi connectivity index (χ1n) is 11.6. The van der Waals surface area contributed by atoms with Crippen molar-refractivity contribution in [2.24, 2.45) is 5.92 Å². The van der Waals surface area contributed by atoms with Crippen LogP contribution in [0.15, 0.2) is 36.1 Å². The highest BCUT2D eigenvalue weighted by Crippen LogP contribution is 2.32. The van der Waals surface area contributed by atoms with Crippen molar-refractivity contribution in [1.29, 1.82) is 0 Å². The normalized spacial score (nSPS) is 18.2. The molecular formula is C24H26N8O3S. The minimum Gasteiger partial charge on any atom is -0.383 e. The van der Waals surface area contributed by atoms with Crippen LogP contribution in [0.1, 0.15) is 32.4 Å². The van der Waals surface area contributed by atoms with Gasteiger partial charge in [-0.3, -0.25) is 19.5 Å². The van der Waals surface area contributed by atoms with Crippen molar-refractivity contribution in [3.63, 3.8) is 0 Å². The Hall–Kier alpha value is -4.06. The second-order valence-corrected chi connectivity index (χ2v) is 10.1. The lowest BCUT2D eigenvalue weighted by molar-refractivity contribution is -0.152. The van der Waals surface area contributed by atoms with Gasteiger partial charge >= 0.3 is 11.8 Å². The average molecular weight is 507 g/mol. The van der Waals surface area contributed by atoms with Crippen molar-refractivity contribution in [2.75, 3.05) is 24.1 Å². The molecule has 4 N–H and O–H groups in total. The van der Waals surface area contributed by atoms with Crippen molar-refractivity contribution in [1.82, 2.24) is 30.0 Å². The molecule has 2 unspecified atom stereocenters. The second-order valence-electron chi connectivity index (χ2n) is 9.22. The molecule has 0 radical (unpaired) electrons. The molecule has 0 saturated carbocycles. The van der Waals surface area contributed by atoms with E-state index in [2.05, 4.69) is 25.5 Å². The largest absolute Gasteiger partial charge is 0.383 e. The molecule has 36 heavy (non-hydrogen) atoms. The number of hydrogen-bond acceptors (Lipinski definition) is 8. The van der Waals surface area contributed by atoms with Gasteiger partial charge in [-0.2, -0.15) is 5.10 Å². The molecule has 1 aliphatic heterocycles. The number of nitrogens with zero attached hydrogens (tertiary/aromatic N) is 5. The van der Waals surface area contributed by atoms with Crippen LogP contribution in [0, 0.1) is 5.92 Å². The molecule has 3 aromatic heterocycles. The van der Waals surface area contributed by atoms with Gasteiger partial charge in [0.1, 0.15) is 5.82 Å². The highest BCUT2D eigenvalue weighted by molar-refractivity contribution is 7.16. The number of piperazine rings is 1. The maximum absolute atomic E-state index is 13.5. The van der Waals surface area contributed by atoms with Crippen LogP contribution in [0.2, 0.25) is 0 Å². The fourth-order valence-corrected chi connectivity index (χ4v) is 5.22. The van der Waals surface area contributed by atoms with Crippen molar-refractivity contribution in [3.05, 3.63) is 41.7 Å². The average Bonchev–Trinajstić information content (AvgIpc) is 3.54. The smallest absolute Gasteiger partial charge is 0.314 e. The minimum atomic E-state index is -0.812. The van der Waals surface area contributed by atoms with Gasteiger partial charge in [0.15, 0.2) is 0 Å². The number of fused-ring (bicyclic) bond motifs is 2. The van der Waals surface area contributed by atoms with E-state index in [4.69, 9.17) is 5.73 Å². The van der Waals surface area contributed by atoms with E-state index in [9.17, 15) is 14.4 Å². The maximum atomic E-state index is 13.5. The van der Waals surface area contributed by atoms with Crippen LogP contribution in [-0.2, 0) is 14.4 Å². The summed E-state index contributed by atoms with van der Waals surface area (Å²) in [7, 11) is 0. The van der Waals surface area contributed by atoms with Crippen LogP contribution < -0.4 is 11.1 Å². The Kier molecular flexibility index (Phi) is 6.04. The molecule has 1 fully saturated rings. The first-order valence-corrected chi connectivity index (χ1v) is 12.5. The molecule has 4 heterocycles. The van der Waals surface area contributed by atoms with Crippen LogP contribution in [0.3, 0.4) is 0 Å². The van der Waals surface area contributed by atoms with Crippen molar-refractivity contribution >= 4 is 61.7 Å². The number of pyridine rings is 1. The van der Waals surface area contributed by atoms with Gasteiger partial charge in [0, 0.05) is 25.0 Å². The van der Waals surface area contributed by atoms with E-state index in [0.717, 1.165) is 15.8 Å². The predicted molar refractivity (Wildman–Crippen MR) is 137 cm³/mol. The van der Waals surface area contributed by atoms with E-state index >= 15 is 0 Å². The molecule has 0 spiro atoms. The van der Waals surface area contributed by atoms with Crippen LogP contribution in [0.4, 0.5) is 11.5 Å². The number of H-pyrrole nitrogens is 1. The fourth-order valence-electron chi connectivity index (χ4n) is 4.56. The number of carbonyl (C=O) groups is 3. The highest BCUT2D eigenvalue weighted by Gasteiger charge is 2.40. The number of nitrogen functional groups attached to an aromatic ring is 1. The molecular weight excluding hydrogens is 480 g/mol. The number of hydrogen-bond donors (Lipinski definition) is 3. The molecule has 1 aliphatic rings. The van der Waals surface area contributed by atoms with Crippen LogP contribution in [0.5, 0.6) is 0 Å². The number of anilines is 2. The van der Waals surface area contributed by atoms with Gasteiger partial charge in [-0.15, -0.1) is 11.3 Å². The summed E-state index contributed by atoms with van der Waals surface area (Å²) >= 11 is 1.53. The van der Waals surface area contributed by atoms with Gasteiger partial charge in [-0.1, -0.05) is 19.9 Å². The molecule has 1 saturated heterocycles. The van der Waals surface area contributed by atoms with Crippen molar-refractivity contribution in [3.8, 4) is 0 Å². The van der Waals surface area contributed by atoms with E-state index in [-0.39, 0.29) is 36.8 Å². The number of carbonyl (C=O) groups excluding carboxylic acids is 3. The summed E-state index contributed by atoms with van der Waals surface area (Å²) in [5.74, 6) is -1.43. The Morgan fingerprint density at radius 3 is 2.75 bits per heavy atom. The molecule has 186 valence electrons. The molecule has 4 aromatic rings. The summed E-state index contributed by atoms with van der Waals surface area (Å²) in [6.07, 6.45) is 2.89. The molecule has 12 heteroatoms. The zero-order valence-electron chi connectivity index (χ0n) is 20.1. The zero-order chi connectivity index (χ0) is 25.6. The number of nitrogens with two attached hydrogens (primary N) is 1. The third kappa shape index (κ3) is 4.13. The predicted octanol–water partition coefficient (Wildman–Crippen LogP) is 2.54. The topological polar surface area (TPSA) is 150 Å². The number of thiazole rings is 1. The molecule has 11 nitrogen and oxygen atoms in total. The molecule has 1 aromatic carbocycles. The third-order valence-electron chi connectivity index (χ3n) is 6.48. The fraction of sp³-hybridized carbons (Fsp3) is 0.333. The summed E-state index contributed by atoms with van der Waals surface area (Å²) in [6, 6.07) is 5.03. The lowest BCUT2D eigenvalue weighted by Gasteiger charge is -2.45. The SMILES string of the molecule is CC(C)C(=O)N1CC(c2ccc3scnc3c2)N(C(=O)C(=O)Nc2cnc(N)c3cn[nH]c23)CC1C. The van der Waals surface area contributed by atoms with Gasteiger partial charge in [0.2, 0.25) is 5.91 Å². The standard InChI is InChI=1S/C24H26N8O3S/c1-12(2)23(34)31-10-18(14-4-5-19-16(6-14)27-11-36-19)32(9-13(31)3)24(35)22(33)29-17-8-26-21(25)15-7-28-30-20(15)17/h4-8,11-13,18H,9-10H2,1-3H3,(H2,25,26)(H,28,30)(H,29,33). The number of aromatic nitrogens is 4. The Morgan fingerprint density at radius 2 is 1.97 bits per heavy atom. The monoisotopic (exact) mass is 506 g/mol. The molecule has 0 bridgehead atoms. The van der Waals surface area contributed by atoms with Gasteiger partial charge < -0.3 is 20.9 Å². The van der Waals surface area contributed by atoms with Crippen molar-refractivity contribution in [2.45, 2.75) is 32.9 Å². The molecule has 5 rings (SSSR count). The van der Waals surface area contributed by atoms with Crippen LogP contribution >= 0.6 is 11.3 Å². The van der Waals surface area contributed by atoms with Gasteiger partial charge in [0.25, 0.3) is 0 Å². The van der Waals surface area contributed by atoms with Gasteiger partial charge in [0.05, 0.1) is 50.8 Å². The minimum absolute atomic E-state index is 0.00775. The highest BCUT2D eigenvalue weighted by atomic mass is 32.1. The van der Waals surface area contributed by atoms with E-state index in [1.807, 2.05) is 39.0 Å². The van der Waals surface area contributed by atoms with Crippen LogP contribution in [0.25, 0.3) is 21.1 Å². The van der Waals surface area contributed by atoms with E-state index < -0.39 is 17.9 Å². The summed E-state index contributed by atoms with van der Waals surface area (Å²) in [5.41, 5.74) is 10.0. The molecule has 3 amide bonds. The van der Waals surface area contributed by atoms with Crippen molar-refractivity contribution < 1.29 is 14.4 Å². The number of nitrogens with one attached hydrogen (secondary N) is 2. The van der Waals surface area contributed by atoms with Crippen LogP contribution in [-0.4, -0.2) is 66.8 Å². The Labute approximate surface area is 210 Å². The zero-order valence-corrected chi connectivity index (χ0v) is 20.9. The Bertz CT molecular complexity index is 1480. The van der Waals surface area contributed by atoms with E-state index in [0.29, 0.717) is 16.6 Å². The Morgan fingerprint density at radius 1 is 1.17 bits per heavy atom. The maximum Gasteiger partial charge on any atom is 0.314 e. The lowest BCUT2D eigenvalue weighted by Crippen LogP contribution is -2.59. The number of benzene rings is 1. The number of amides is 3. The van der Waals surface area contributed by atoms with Gasteiger partial charge in [-0.25, -0.2) is 9.97 Å². The first kappa shape index (κ1) is 23.7.